The maximum atomic E-state index is 12.4. The highest BCUT2D eigenvalue weighted by atomic mass is 32.2. The zero-order chi connectivity index (χ0) is 19.7. The Morgan fingerprint density at radius 2 is 1.89 bits per heavy atom. The Bertz CT molecular complexity index is 1220. The summed E-state index contributed by atoms with van der Waals surface area (Å²) in [6.07, 6.45) is 2.23. The predicted octanol–water partition coefficient (Wildman–Crippen LogP) is 3.38. The van der Waals surface area contributed by atoms with E-state index in [0.717, 1.165) is 15.8 Å². The second-order valence-electron chi connectivity index (χ2n) is 6.10. The minimum atomic E-state index is -3.70. The van der Waals surface area contributed by atoms with Gasteiger partial charge in [0.2, 0.25) is 10.0 Å². The topological polar surface area (TPSA) is 115 Å². The summed E-state index contributed by atoms with van der Waals surface area (Å²) in [5.74, 6) is -0.147. The highest BCUT2D eigenvalue weighted by Crippen LogP contribution is 2.24. The number of amides is 1. The predicted molar refractivity (Wildman–Crippen MR) is 107 cm³/mol. The van der Waals surface area contributed by atoms with Crippen LogP contribution < -0.4 is 10.5 Å². The number of hydrogen-bond donors (Lipinski definition) is 2. The lowest BCUT2D eigenvalue weighted by Gasteiger charge is -2.01. The van der Waals surface area contributed by atoms with E-state index >= 15 is 0 Å². The number of furan rings is 1. The molecule has 0 unspecified atom stereocenters. The van der Waals surface area contributed by atoms with Gasteiger partial charge in [0, 0.05) is 22.9 Å². The van der Waals surface area contributed by atoms with Crippen LogP contribution in [-0.4, -0.2) is 19.3 Å². The van der Waals surface area contributed by atoms with Gasteiger partial charge in [0.25, 0.3) is 5.91 Å². The molecule has 28 heavy (non-hydrogen) atoms. The Hall–Kier alpha value is -3.01. The van der Waals surface area contributed by atoms with Crippen LogP contribution in [0, 0.1) is 0 Å². The van der Waals surface area contributed by atoms with Crippen LogP contribution in [-0.2, 0) is 16.4 Å². The van der Waals surface area contributed by atoms with E-state index in [2.05, 4.69) is 10.3 Å². The molecule has 2 aromatic carbocycles. The number of carbonyl (C=O) groups is 1. The van der Waals surface area contributed by atoms with Crippen molar-refractivity contribution in [3.05, 3.63) is 77.0 Å². The standard InChI is InChI=1S/C19H15N3O4S2/c20-28(24,25)15-7-5-12(6-8-15)9-14-11-21-19(27-14)22-18(23)17-10-13-3-1-2-4-16(13)26-17/h1-8,10-11H,9H2,(H2,20,24,25)(H,21,22,23). The normalized spacial score (nSPS) is 11.6. The maximum absolute atomic E-state index is 12.4. The summed E-state index contributed by atoms with van der Waals surface area (Å²) in [6, 6.07) is 15.4. The number of primary sulfonamides is 1. The molecule has 142 valence electrons. The molecule has 0 radical (unpaired) electrons. The summed E-state index contributed by atoms with van der Waals surface area (Å²) in [5, 5.41) is 9.15. The van der Waals surface area contributed by atoms with Gasteiger partial charge in [-0.05, 0) is 29.8 Å². The van der Waals surface area contributed by atoms with Gasteiger partial charge in [0.05, 0.1) is 4.90 Å². The van der Waals surface area contributed by atoms with Crippen molar-refractivity contribution >= 4 is 43.4 Å². The van der Waals surface area contributed by atoms with Crippen LogP contribution in [0.4, 0.5) is 5.13 Å². The number of benzene rings is 2. The first-order valence-corrected chi connectivity index (χ1v) is 10.6. The van der Waals surface area contributed by atoms with Gasteiger partial charge in [0.1, 0.15) is 5.58 Å². The summed E-state index contributed by atoms with van der Waals surface area (Å²) in [7, 11) is -3.70. The molecular formula is C19H15N3O4S2. The molecule has 0 saturated carbocycles. The molecule has 7 nitrogen and oxygen atoms in total. The van der Waals surface area contributed by atoms with Gasteiger partial charge in [-0.2, -0.15) is 0 Å². The van der Waals surface area contributed by atoms with Crippen molar-refractivity contribution in [1.29, 1.82) is 0 Å². The molecule has 0 aliphatic carbocycles. The van der Waals surface area contributed by atoms with Crippen LogP contribution in [0.2, 0.25) is 0 Å². The minimum Gasteiger partial charge on any atom is -0.451 e. The first-order valence-electron chi connectivity index (χ1n) is 8.25. The first-order chi connectivity index (χ1) is 13.4. The molecular weight excluding hydrogens is 398 g/mol. The fourth-order valence-corrected chi connectivity index (χ4v) is 4.05. The number of para-hydroxylation sites is 1. The SMILES string of the molecule is NS(=O)(=O)c1ccc(Cc2cnc(NC(=O)c3cc4ccccc4o3)s2)cc1. The molecule has 4 aromatic rings. The van der Waals surface area contributed by atoms with Crippen LogP contribution in [0.5, 0.6) is 0 Å². The van der Waals surface area contributed by atoms with Crippen LogP contribution in [0.1, 0.15) is 21.0 Å². The molecule has 0 fully saturated rings. The number of nitrogens with one attached hydrogen (secondary N) is 1. The number of fused-ring (bicyclic) bond motifs is 1. The van der Waals surface area contributed by atoms with E-state index in [9.17, 15) is 13.2 Å². The van der Waals surface area contributed by atoms with E-state index in [-0.39, 0.29) is 16.6 Å². The molecule has 2 aromatic heterocycles. The zero-order valence-corrected chi connectivity index (χ0v) is 16.1. The molecule has 0 saturated heterocycles. The molecule has 0 aliphatic rings. The van der Waals surface area contributed by atoms with Gasteiger partial charge in [-0.25, -0.2) is 18.5 Å². The third-order valence-electron chi connectivity index (χ3n) is 4.05. The highest BCUT2D eigenvalue weighted by molar-refractivity contribution is 7.89. The van der Waals surface area contributed by atoms with Crippen molar-refractivity contribution < 1.29 is 17.6 Å². The molecule has 0 atom stereocenters. The smallest absolute Gasteiger partial charge is 0.293 e. The maximum Gasteiger partial charge on any atom is 0.293 e. The van der Waals surface area contributed by atoms with E-state index in [4.69, 9.17) is 9.56 Å². The van der Waals surface area contributed by atoms with Crippen molar-refractivity contribution in [3.8, 4) is 0 Å². The number of aromatic nitrogens is 1. The summed E-state index contributed by atoms with van der Waals surface area (Å²) < 4.78 is 28.2. The Morgan fingerprint density at radius 1 is 1.14 bits per heavy atom. The van der Waals surface area contributed by atoms with Crippen LogP contribution >= 0.6 is 11.3 Å². The molecule has 0 aliphatic heterocycles. The zero-order valence-electron chi connectivity index (χ0n) is 14.5. The molecule has 0 spiro atoms. The summed E-state index contributed by atoms with van der Waals surface area (Å²) >= 11 is 1.34. The van der Waals surface area contributed by atoms with Crippen LogP contribution in [0.3, 0.4) is 0 Å². The highest BCUT2D eigenvalue weighted by Gasteiger charge is 2.14. The average molecular weight is 413 g/mol. The number of nitrogens with two attached hydrogens (primary N) is 1. The number of anilines is 1. The summed E-state index contributed by atoms with van der Waals surface area (Å²) in [6.45, 7) is 0. The number of carbonyl (C=O) groups excluding carboxylic acids is 1. The molecule has 2 heterocycles. The monoisotopic (exact) mass is 413 g/mol. The number of sulfonamides is 1. The lowest BCUT2D eigenvalue weighted by Crippen LogP contribution is -2.11. The second kappa shape index (κ2) is 7.19. The van der Waals surface area contributed by atoms with Gasteiger partial charge >= 0.3 is 0 Å². The third-order valence-corrected chi connectivity index (χ3v) is 5.90. The van der Waals surface area contributed by atoms with Gasteiger partial charge < -0.3 is 4.42 Å². The molecule has 4 rings (SSSR count). The number of thiazole rings is 1. The average Bonchev–Trinajstić information content (AvgIpc) is 3.28. The van der Waals surface area contributed by atoms with Gasteiger partial charge in [0.15, 0.2) is 10.9 Å². The van der Waals surface area contributed by atoms with Crippen molar-refractivity contribution in [2.45, 2.75) is 11.3 Å². The van der Waals surface area contributed by atoms with E-state index in [1.807, 2.05) is 18.2 Å². The molecule has 1 amide bonds. The Balaban J connectivity index is 1.44. The number of rotatable bonds is 5. The van der Waals surface area contributed by atoms with Gasteiger partial charge in [-0.1, -0.05) is 30.3 Å². The molecule has 9 heteroatoms. The van der Waals surface area contributed by atoms with Crippen molar-refractivity contribution in [3.63, 3.8) is 0 Å². The van der Waals surface area contributed by atoms with Crippen molar-refractivity contribution in [1.82, 2.24) is 4.98 Å². The minimum absolute atomic E-state index is 0.0688. The second-order valence-corrected chi connectivity index (χ2v) is 8.78. The number of nitrogens with zero attached hydrogens (tertiary/aromatic N) is 1. The molecule has 0 bridgehead atoms. The van der Waals surface area contributed by atoms with Gasteiger partial charge in [-0.3, -0.25) is 10.1 Å². The number of hydrogen-bond acceptors (Lipinski definition) is 6. The van der Waals surface area contributed by atoms with E-state index in [0.29, 0.717) is 17.1 Å². The Labute approximate surface area is 164 Å². The van der Waals surface area contributed by atoms with Crippen molar-refractivity contribution in [2.24, 2.45) is 5.14 Å². The van der Waals surface area contributed by atoms with E-state index in [1.54, 1.807) is 30.5 Å². The van der Waals surface area contributed by atoms with Crippen LogP contribution in [0.15, 0.2) is 70.1 Å². The quantitative estimate of drug-likeness (QED) is 0.520. The fraction of sp³-hybridized carbons (Fsp3) is 0.0526. The van der Waals surface area contributed by atoms with Gasteiger partial charge in [-0.15, -0.1) is 11.3 Å². The Morgan fingerprint density at radius 3 is 2.61 bits per heavy atom. The summed E-state index contributed by atoms with van der Waals surface area (Å²) in [5.41, 5.74) is 1.56. The van der Waals surface area contributed by atoms with E-state index < -0.39 is 10.0 Å². The first kappa shape index (κ1) is 18.4. The Kier molecular flexibility index (Phi) is 4.71. The third kappa shape index (κ3) is 3.96. The van der Waals surface area contributed by atoms with Crippen molar-refractivity contribution in [2.75, 3.05) is 5.32 Å². The fourth-order valence-electron chi connectivity index (χ4n) is 2.70. The summed E-state index contributed by atoms with van der Waals surface area (Å²) in [4.78, 5) is 17.6. The lowest BCUT2D eigenvalue weighted by atomic mass is 10.1. The molecule has 3 N–H and O–H groups in total. The largest absolute Gasteiger partial charge is 0.451 e. The lowest BCUT2D eigenvalue weighted by molar-refractivity contribution is 0.0998. The van der Waals surface area contributed by atoms with Crippen LogP contribution in [0.25, 0.3) is 11.0 Å². The van der Waals surface area contributed by atoms with E-state index in [1.165, 1.54) is 23.5 Å².